The molecule has 1 unspecified atom stereocenters. The molecule has 0 aliphatic heterocycles. The van der Waals surface area contributed by atoms with Gasteiger partial charge in [-0.1, -0.05) is 29.5 Å². The van der Waals surface area contributed by atoms with Crippen molar-refractivity contribution in [3.05, 3.63) is 53.1 Å². The van der Waals surface area contributed by atoms with Crippen LogP contribution in [0.25, 0.3) is 21.1 Å². The number of rotatable bonds is 7. The van der Waals surface area contributed by atoms with Crippen LogP contribution in [0.2, 0.25) is 0 Å². The lowest BCUT2D eigenvalue weighted by Crippen LogP contribution is -2.33. The van der Waals surface area contributed by atoms with E-state index in [0.717, 1.165) is 64.4 Å². The van der Waals surface area contributed by atoms with Crippen molar-refractivity contribution in [1.82, 2.24) is 14.9 Å². The van der Waals surface area contributed by atoms with Crippen LogP contribution in [0, 0.1) is 11.3 Å². The number of sulfonamides is 1. The number of nitrogens with zero attached hydrogens (tertiary/aromatic N) is 3. The number of nitriles is 1. The third-order valence-corrected chi connectivity index (χ3v) is 9.11. The van der Waals surface area contributed by atoms with E-state index in [1.165, 1.54) is 11.3 Å². The third-order valence-electron chi connectivity index (χ3n) is 6.14. The number of hydrogen-bond acceptors (Lipinski definition) is 7. The Morgan fingerprint density at radius 3 is 2.68 bits per heavy atom. The molecule has 1 fully saturated rings. The molecule has 5 rings (SSSR count). The molecule has 0 spiro atoms. The molecule has 7 nitrogen and oxygen atoms in total. The molecule has 9 heteroatoms. The fourth-order valence-electron chi connectivity index (χ4n) is 4.40. The van der Waals surface area contributed by atoms with E-state index < -0.39 is 10.0 Å². The zero-order valence-corrected chi connectivity index (χ0v) is 20.7. The standard InChI is InChI=1S/C25H26N4O3S2/c1-15(2)32-23-12-9-16(13-17(23)14-26)24-27-28-25(33-24)21-7-3-6-20-19(21)5-4-8-22(20)29-34(30,31)18-10-11-18/h3,6-7,9,12-13,15,18,22,29H,4-5,8,10-11H2,1-2H3. The van der Waals surface area contributed by atoms with Gasteiger partial charge in [-0.2, -0.15) is 5.26 Å². The van der Waals surface area contributed by atoms with Crippen molar-refractivity contribution in [2.75, 3.05) is 0 Å². The summed E-state index contributed by atoms with van der Waals surface area (Å²) in [6.07, 6.45) is 4.07. The quantitative estimate of drug-likeness (QED) is 0.496. The molecular formula is C25H26N4O3S2. The van der Waals surface area contributed by atoms with Gasteiger partial charge < -0.3 is 4.74 Å². The van der Waals surface area contributed by atoms with Crippen LogP contribution in [0.5, 0.6) is 5.75 Å². The zero-order chi connectivity index (χ0) is 23.9. The minimum Gasteiger partial charge on any atom is -0.490 e. The first-order valence-electron chi connectivity index (χ1n) is 11.5. The van der Waals surface area contributed by atoms with Crippen LogP contribution in [0.3, 0.4) is 0 Å². The van der Waals surface area contributed by atoms with Crippen molar-refractivity contribution >= 4 is 21.4 Å². The molecule has 3 aromatic rings. The van der Waals surface area contributed by atoms with Crippen molar-refractivity contribution in [3.8, 4) is 33.0 Å². The van der Waals surface area contributed by atoms with Gasteiger partial charge in [-0.15, -0.1) is 10.2 Å². The third kappa shape index (κ3) is 4.58. The summed E-state index contributed by atoms with van der Waals surface area (Å²) in [6.45, 7) is 3.85. The smallest absolute Gasteiger partial charge is 0.215 e. The summed E-state index contributed by atoms with van der Waals surface area (Å²) >= 11 is 1.47. The lowest BCUT2D eigenvalue weighted by Gasteiger charge is -2.27. The fourth-order valence-corrected chi connectivity index (χ4v) is 6.88. The van der Waals surface area contributed by atoms with Gasteiger partial charge in [-0.25, -0.2) is 13.1 Å². The molecule has 2 aliphatic carbocycles. The molecule has 176 valence electrons. The molecule has 1 N–H and O–H groups in total. The summed E-state index contributed by atoms with van der Waals surface area (Å²) in [7, 11) is -3.27. The molecule has 0 bridgehead atoms. The van der Waals surface area contributed by atoms with E-state index in [4.69, 9.17) is 4.74 Å². The SMILES string of the molecule is CC(C)Oc1ccc(-c2nnc(-c3cccc4c3CCCC4NS(=O)(=O)C3CC3)s2)cc1C#N. The monoisotopic (exact) mass is 494 g/mol. The zero-order valence-electron chi connectivity index (χ0n) is 19.1. The fraction of sp³-hybridized carbons (Fsp3) is 0.400. The topological polar surface area (TPSA) is 105 Å². The molecule has 0 amide bonds. The Hall–Kier alpha value is -2.80. The molecule has 1 heterocycles. The van der Waals surface area contributed by atoms with Crippen LogP contribution >= 0.6 is 11.3 Å². The van der Waals surface area contributed by atoms with E-state index in [-0.39, 0.29) is 17.4 Å². The second kappa shape index (κ2) is 9.10. The highest BCUT2D eigenvalue weighted by atomic mass is 32.2. The molecule has 1 atom stereocenters. The van der Waals surface area contributed by atoms with E-state index in [1.54, 1.807) is 12.1 Å². The summed E-state index contributed by atoms with van der Waals surface area (Å²) in [5.74, 6) is 0.558. The summed E-state index contributed by atoms with van der Waals surface area (Å²) in [4.78, 5) is 0. The highest BCUT2D eigenvalue weighted by Gasteiger charge is 2.38. The number of fused-ring (bicyclic) bond motifs is 1. The molecule has 0 radical (unpaired) electrons. The van der Waals surface area contributed by atoms with Crippen molar-refractivity contribution in [2.45, 2.75) is 63.3 Å². The van der Waals surface area contributed by atoms with Crippen LogP contribution < -0.4 is 9.46 Å². The number of aromatic nitrogens is 2. The molecular weight excluding hydrogens is 468 g/mol. The van der Waals surface area contributed by atoms with Crippen molar-refractivity contribution < 1.29 is 13.2 Å². The van der Waals surface area contributed by atoms with Gasteiger partial charge >= 0.3 is 0 Å². The summed E-state index contributed by atoms with van der Waals surface area (Å²) < 4.78 is 33.8. The van der Waals surface area contributed by atoms with Gasteiger partial charge in [0.1, 0.15) is 21.8 Å². The number of ether oxygens (including phenoxy) is 1. The van der Waals surface area contributed by atoms with Crippen LogP contribution in [0.15, 0.2) is 36.4 Å². The Morgan fingerprint density at radius 2 is 1.94 bits per heavy atom. The largest absolute Gasteiger partial charge is 0.490 e. The Kier molecular flexibility index (Phi) is 6.15. The van der Waals surface area contributed by atoms with Crippen LogP contribution in [0.4, 0.5) is 0 Å². The van der Waals surface area contributed by atoms with Crippen LogP contribution in [-0.2, 0) is 16.4 Å². The second-order valence-electron chi connectivity index (χ2n) is 9.08. The summed E-state index contributed by atoms with van der Waals surface area (Å²) in [5.41, 5.74) is 4.45. The number of hydrogen-bond donors (Lipinski definition) is 1. The minimum absolute atomic E-state index is 0.0204. The first-order chi connectivity index (χ1) is 16.4. The summed E-state index contributed by atoms with van der Waals surface area (Å²) in [5, 5.41) is 19.7. The average Bonchev–Trinajstić information content (AvgIpc) is 3.57. The highest BCUT2D eigenvalue weighted by molar-refractivity contribution is 7.90. The van der Waals surface area contributed by atoms with Crippen molar-refractivity contribution in [2.24, 2.45) is 0 Å². The van der Waals surface area contributed by atoms with Crippen molar-refractivity contribution in [3.63, 3.8) is 0 Å². The predicted molar refractivity (Wildman–Crippen MR) is 132 cm³/mol. The number of benzene rings is 2. The van der Waals surface area contributed by atoms with Gasteiger partial charge in [0, 0.05) is 17.2 Å². The van der Waals surface area contributed by atoms with E-state index >= 15 is 0 Å². The maximum Gasteiger partial charge on any atom is 0.215 e. The average molecular weight is 495 g/mol. The van der Waals surface area contributed by atoms with Gasteiger partial charge in [0.15, 0.2) is 0 Å². The number of nitrogens with one attached hydrogen (secondary N) is 1. The molecule has 2 aromatic carbocycles. The van der Waals surface area contributed by atoms with Gasteiger partial charge in [0.05, 0.1) is 16.9 Å². The van der Waals surface area contributed by atoms with Crippen LogP contribution in [-0.4, -0.2) is 30.0 Å². The Labute approximate surface area is 203 Å². The Morgan fingerprint density at radius 1 is 1.15 bits per heavy atom. The predicted octanol–water partition coefficient (Wildman–Crippen LogP) is 4.99. The lowest BCUT2D eigenvalue weighted by atomic mass is 9.85. The van der Waals surface area contributed by atoms with Crippen molar-refractivity contribution in [1.29, 1.82) is 5.26 Å². The van der Waals surface area contributed by atoms with E-state index in [1.807, 2.05) is 38.1 Å². The van der Waals surface area contributed by atoms with E-state index in [2.05, 4.69) is 21.0 Å². The highest BCUT2D eigenvalue weighted by Crippen LogP contribution is 2.40. The molecule has 0 saturated heterocycles. The van der Waals surface area contributed by atoms with Gasteiger partial charge in [0.2, 0.25) is 10.0 Å². The Bertz CT molecular complexity index is 1370. The first kappa shape index (κ1) is 23.0. The van der Waals surface area contributed by atoms with Gasteiger partial charge in [-0.05, 0) is 75.3 Å². The second-order valence-corrected chi connectivity index (χ2v) is 12.1. The van der Waals surface area contributed by atoms with Crippen LogP contribution in [0.1, 0.15) is 62.3 Å². The molecule has 2 aliphatic rings. The molecule has 34 heavy (non-hydrogen) atoms. The minimum atomic E-state index is -3.27. The Balaban J connectivity index is 1.45. The normalized spacial score (nSPS) is 17.9. The lowest BCUT2D eigenvalue weighted by molar-refractivity contribution is 0.242. The first-order valence-corrected chi connectivity index (χ1v) is 13.9. The van der Waals surface area contributed by atoms with Gasteiger partial charge in [0.25, 0.3) is 0 Å². The van der Waals surface area contributed by atoms with E-state index in [9.17, 15) is 13.7 Å². The maximum absolute atomic E-state index is 12.6. The maximum atomic E-state index is 12.6. The molecule has 1 aromatic heterocycles. The van der Waals surface area contributed by atoms with Gasteiger partial charge in [-0.3, -0.25) is 0 Å². The van der Waals surface area contributed by atoms with E-state index in [0.29, 0.717) is 11.3 Å². The summed E-state index contributed by atoms with van der Waals surface area (Å²) in [6, 6.07) is 13.5. The molecule has 1 saturated carbocycles.